The summed E-state index contributed by atoms with van der Waals surface area (Å²) in [5.74, 6) is 3.40. The Kier molecular flexibility index (Phi) is 6.41. The predicted molar refractivity (Wildman–Crippen MR) is 91.5 cm³/mol. The van der Waals surface area contributed by atoms with Gasteiger partial charge in [-0.25, -0.2) is 8.42 Å². The molecule has 0 amide bonds. The maximum atomic E-state index is 12.4. The van der Waals surface area contributed by atoms with Crippen LogP contribution >= 0.6 is 11.8 Å². The van der Waals surface area contributed by atoms with Crippen LogP contribution in [0, 0.1) is 11.8 Å². The summed E-state index contributed by atoms with van der Waals surface area (Å²) >= 11 is 1.78. The van der Waals surface area contributed by atoms with E-state index in [1.165, 1.54) is 19.3 Å². The number of sulfone groups is 1. The van der Waals surface area contributed by atoms with Crippen LogP contribution in [0.5, 0.6) is 0 Å². The fraction of sp³-hybridized carbons (Fsp3) is 1.00. The first-order valence-electron chi connectivity index (χ1n) is 8.18. The first kappa shape index (κ1) is 17.6. The molecule has 0 spiro atoms. The number of nitrogens with one attached hydrogen (secondary N) is 1. The predicted octanol–water partition coefficient (Wildman–Crippen LogP) is 1.82. The van der Waals surface area contributed by atoms with Crippen LogP contribution in [0.15, 0.2) is 0 Å². The molecule has 1 heterocycles. The van der Waals surface area contributed by atoms with E-state index < -0.39 is 9.84 Å². The van der Waals surface area contributed by atoms with Gasteiger partial charge in [-0.05, 0) is 38.1 Å². The third kappa shape index (κ3) is 4.36. The van der Waals surface area contributed by atoms with E-state index >= 15 is 0 Å². The summed E-state index contributed by atoms with van der Waals surface area (Å²) in [4.78, 5) is 2.25. The van der Waals surface area contributed by atoms with Gasteiger partial charge in [0, 0.05) is 36.4 Å². The van der Waals surface area contributed by atoms with Gasteiger partial charge in [0.25, 0.3) is 0 Å². The van der Waals surface area contributed by atoms with E-state index in [0.717, 1.165) is 30.5 Å². The zero-order chi connectivity index (χ0) is 15.5. The molecule has 0 aromatic carbocycles. The molecule has 1 saturated carbocycles. The number of rotatable bonds is 5. The molecule has 1 aliphatic carbocycles. The summed E-state index contributed by atoms with van der Waals surface area (Å²) in [6.45, 7) is 5.94. The van der Waals surface area contributed by atoms with Gasteiger partial charge in [0.15, 0.2) is 9.84 Å². The SMILES string of the molecule is CCS(=O)(=O)C1CSCCN1CC1CC(C)CCC1NC. The first-order chi connectivity index (χ1) is 9.97. The van der Waals surface area contributed by atoms with Gasteiger partial charge in [0.05, 0.1) is 0 Å². The number of hydrogen-bond donors (Lipinski definition) is 1. The van der Waals surface area contributed by atoms with E-state index in [4.69, 9.17) is 0 Å². The van der Waals surface area contributed by atoms with Gasteiger partial charge < -0.3 is 5.32 Å². The summed E-state index contributed by atoms with van der Waals surface area (Å²) in [6, 6.07) is 0.542. The maximum absolute atomic E-state index is 12.4. The molecule has 4 unspecified atom stereocenters. The minimum absolute atomic E-state index is 0.255. The van der Waals surface area contributed by atoms with Crippen molar-refractivity contribution in [3.63, 3.8) is 0 Å². The molecule has 0 aromatic rings. The minimum Gasteiger partial charge on any atom is -0.317 e. The van der Waals surface area contributed by atoms with Crippen molar-refractivity contribution in [3.05, 3.63) is 0 Å². The van der Waals surface area contributed by atoms with Gasteiger partial charge in [-0.15, -0.1) is 0 Å². The highest BCUT2D eigenvalue weighted by atomic mass is 32.2. The summed E-state index contributed by atoms with van der Waals surface area (Å²) in [7, 11) is -0.933. The van der Waals surface area contributed by atoms with Crippen molar-refractivity contribution in [1.29, 1.82) is 0 Å². The fourth-order valence-corrected chi connectivity index (χ4v) is 6.82. The van der Waals surface area contributed by atoms with Gasteiger partial charge in [-0.3, -0.25) is 4.90 Å². The molecule has 2 rings (SSSR count). The van der Waals surface area contributed by atoms with Crippen LogP contribution < -0.4 is 5.32 Å². The molecule has 2 fully saturated rings. The molecule has 6 heteroatoms. The van der Waals surface area contributed by atoms with E-state index in [-0.39, 0.29) is 11.1 Å². The third-order valence-electron chi connectivity index (χ3n) is 5.09. The van der Waals surface area contributed by atoms with Crippen molar-refractivity contribution in [2.24, 2.45) is 11.8 Å². The lowest BCUT2D eigenvalue weighted by molar-refractivity contribution is 0.146. The number of nitrogens with zero attached hydrogens (tertiary/aromatic N) is 1. The molecule has 0 bridgehead atoms. The molecule has 0 radical (unpaired) electrons. The summed E-state index contributed by atoms with van der Waals surface area (Å²) < 4.78 is 24.7. The number of thioether (sulfide) groups is 1. The molecular formula is C15H30N2O2S2. The number of hydrogen-bond acceptors (Lipinski definition) is 5. The van der Waals surface area contributed by atoms with Crippen molar-refractivity contribution < 1.29 is 8.42 Å². The van der Waals surface area contributed by atoms with Crippen molar-refractivity contribution in [2.45, 2.75) is 44.5 Å². The highest BCUT2D eigenvalue weighted by molar-refractivity contribution is 8.01. The summed E-state index contributed by atoms with van der Waals surface area (Å²) in [6.07, 6.45) is 3.72. The second-order valence-corrected chi connectivity index (χ2v) is 10.1. The maximum Gasteiger partial charge on any atom is 0.166 e. The molecule has 1 aliphatic heterocycles. The molecule has 1 N–H and O–H groups in total. The minimum atomic E-state index is -2.97. The average molecular weight is 335 g/mol. The van der Waals surface area contributed by atoms with Crippen LogP contribution in [-0.4, -0.2) is 62.1 Å². The Labute approximate surface area is 134 Å². The normalized spacial score (nSPS) is 35.8. The highest BCUT2D eigenvalue weighted by Crippen LogP contribution is 2.31. The van der Waals surface area contributed by atoms with Gasteiger partial charge >= 0.3 is 0 Å². The average Bonchev–Trinajstić information content (AvgIpc) is 2.48. The van der Waals surface area contributed by atoms with E-state index in [1.54, 1.807) is 18.7 Å². The Bertz CT molecular complexity index is 427. The molecule has 124 valence electrons. The van der Waals surface area contributed by atoms with Crippen LogP contribution in [0.25, 0.3) is 0 Å². The topological polar surface area (TPSA) is 49.4 Å². The van der Waals surface area contributed by atoms with Gasteiger partial charge in [0.2, 0.25) is 0 Å². The molecule has 4 nitrogen and oxygen atoms in total. The molecular weight excluding hydrogens is 304 g/mol. The second kappa shape index (κ2) is 7.66. The fourth-order valence-electron chi connectivity index (χ4n) is 3.73. The van der Waals surface area contributed by atoms with E-state index in [2.05, 4.69) is 17.1 Å². The van der Waals surface area contributed by atoms with Crippen molar-refractivity contribution >= 4 is 21.6 Å². The van der Waals surface area contributed by atoms with E-state index in [9.17, 15) is 8.42 Å². The van der Waals surface area contributed by atoms with Crippen molar-refractivity contribution in [1.82, 2.24) is 10.2 Å². The zero-order valence-corrected chi connectivity index (χ0v) is 15.2. The van der Waals surface area contributed by atoms with Crippen LogP contribution in [0.4, 0.5) is 0 Å². The van der Waals surface area contributed by atoms with Gasteiger partial charge in [0.1, 0.15) is 5.37 Å². The lowest BCUT2D eigenvalue weighted by Gasteiger charge is -2.41. The van der Waals surface area contributed by atoms with E-state index in [1.807, 2.05) is 7.05 Å². The quantitative estimate of drug-likeness (QED) is 0.831. The van der Waals surface area contributed by atoms with Crippen LogP contribution in [0.1, 0.15) is 33.1 Å². The molecule has 4 atom stereocenters. The van der Waals surface area contributed by atoms with Gasteiger partial charge in [-0.1, -0.05) is 13.8 Å². The smallest absolute Gasteiger partial charge is 0.166 e. The van der Waals surface area contributed by atoms with Crippen LogP contribution in [0.2, 0.25) is 0 Å². The lowest BCUT2D eigenvalue weighted by atomic mass is 9.78. The van der Waals surface area contributed by atoms with Crippen LogP contribution in [0.3, 0.4) is 0 Å². The Morgan fingerprint density at radius 1 is 1.33 bits per heavy atom. The Morgan fingerprint density at radius 2 is 2.10 bits per heavy atom. The summed E-state index contributed by atoms with van der Waals surface area (Å²) in [5.41, 5.74) is 0. The van der Waals surface area contributed by atoms with Gasteiger partial charge in [-0.2, -0.15) is 11.8 Å². The molecule has 21 heavy (non-hydrogen) atoms. The van der Waals surface area contributed by atoms with Crippen LogP contribution in [-0.2, 0) is 9.84 Å². The lowest BCUT2D eigenvalue weighted by Crippen LogP contribution is -2.52. The first-order valence-corrected chi connectivity index (χ1v) is 11.1. The van der Waals surface area contributed by atoms with Crippen molar-refractivity contribution in [2.75, 3.05) is 37.4 Å². The standard InChI is InChI=1S/C15H30N2O2S2/c1-4-21(18,19)15-11-20-8-7-17(15)10-13-9-12(2)5-6-14(13)16-3/h12-16H,4-11H2,1-3H3. The Hall–Kier alpha value is 0.220. The molecule has 0 aromatic heterocycles. The monoisotopic (exact) mass is 334 g/mol. The summed E-state index contributed by atoms with van der Waals surface area (Å²) in [5, 5.41) is 3.18. The molecule has 2 aliphatic rings. The third-order valence-corrected chi connectivity index (χ3v) is 8.42. The highest BCUT2D eigenvalue weighted by Gasteiger charge is 2.36. The Balaban J connectivity index is 2.07. The Morgan fingerprint density at radius 3 is 2.76 bits per heavy atom. The zero-order valence-electron chi connectivity index (χ0n) is 13.5. The molecule has 1 saturated heterocycles. The van der Waals surface area contributed by atoms with E-state index in [0.29, 0.717) is 12.0 Å². The largest absolute Gasteiger partial charge is 0.317 e. The van der Waals surface area contributed by atoms with Crippen molar-refractivity contribution in [3.8, 4) is 0 Å². The second-order valence-electron chi connectivity index (χ2n) is 6.55.